The zero-order chi connectivity index (χ0) is 24.6. The van der Waals surface area contributed by atoms with E-state index < -0.39 is 17.5 Å². The fourth-order valence-corrected chi connectivity index (χ4v) is 4.05. The average Bonchev–Trinajstić information content (AvgIpc) is 2.97. The lowest BCUT2D eigenvalue weighted by Gasteiger charge is -2.31. The Kier molecular flexibility index (Phi) is 5.90. The second-order valence-electron chi connectivity index (χ2n) is 9.21. The standard InChI is InChI=1S/C24H28N6O4/c1-24(2,3)30(23(32)33)22-26-17-10-7-15(12-19(25)31)11-18-20(17)21(27-22)29(28-18)13-14-5-8-16(34-4)9-6-14/h5-6,8-11,28H,7,12-13H2,1-4H3,(H2,25,31)(H,32,33). The Balaban J connectivity index is 1.84. The van der Waals surface area contributed by atoms with E-state index in [0.29, 0.717) is 24.1 Å². The summed E-state index contributed by atoms with van der Waals surface area (Å²) in [4.78, 5) is 34.1. The smallest absolute Gasteiger partial charge is 0.414 e. The molecule has 10 nitrogen and oxygen atoms in total. The highest BCUT2D eigenvalue weighted by molar-refractivity contribution is 5.86. The number of anilines is 2. The number of nitrogens with one attached hydrogen (secondary N) is 1. The van der Waals surface area contributed by atoms with Gasteiger partial charge in [0.25, 0.3) is 0 Å². The molecule has 2 heterocycles. The monoisotopic (exact) mass is 464 g/mol. The Morgan fingerprint density at radius 2 is 1.94 bits per heavy atom. The van der Waals surface area contributed by atoms with E-state index in [1.807, 2.05) is 41.4 Å². The number of amides is 2. The quantitative estimate of drug-likeness (QED) is 0.584. The molecule has 2 aliphatic rings. The van der Waals surface area contributed by atoms with Gasteiger partial charge < -0.3 is 15.6 Å². The first-order valence-electron chi connectivity index (χ1n) is 10.9. The van der Waals surface area contributed by atoms with Crippen LogP contribution in [-0.4, -0.2) is 39.7 Å². The van der Waals surface area contributed by atoms with E-state index in [4.69, 9.17) is 10.5 Å². The molecule has 4 rings (SSSR count). The number of methoxy groups -OCH3 is 1. The molecule has 0 unspecified atom stereocenters. The van der Waals surface area contributed by atoms with Crippen LogP contribution in [0, 0.1) is 0 Å². The predicted octanol–water partition coefficient (Wildman–Crippen LogP) is 1.39. The third-order valence-electron chi connectivity index (χ3n) is 5.56. The van der Waals surface area contributed by atoms with Crippen LogP contribution in [0.4, 0.5) is 16.6 Å². The van der Waals surface area contributed by atoms with Crippen LogP contribution in [-0.2, 0) is 11.3 Å². The van der Waals surface area contributed by atoms with Crippen LogP contribution in [0.15, 0.2) is 35.9 Å². The number of benzene rings is 1. The van der Waals surface area contributed by atoms with Crippen molar-refractivity contribution in [1.82, 2.24) is 15.4 Å². The summed E-state index contributed by atoms with van der Waals surface area (Å²) in [5.74, 6) is 0.985. The maximum absolute atomic E-state index is 12.1. The minimum absolute atomic E-state index is 0.0890. The molecule has 10 heteroatoms. The van der Waals surface area contributed by atoms with Gasteiger partial charge in [-0.05, 0) is 51.0 Å². The maximum atomic E-state index is 12.1. The van der Waals surface area contributed by atoms with Crippen molar-refractivity contribution in [2.75, 3.05) is 17.0 Å². The van der Waals surface area contributed by atoms with Gasteiger partial charge in [0, 0.05) is 12.0 Å². The maximum Gasteiger partial charge on any atom is 0.414 e. The first-order chi connectivity index (χ1) is 16.1. The van der Waals surface area contributed by atoms with Crippen molar-refractivity contribution in [2.24, 2.45) is 5.73 Å². The van der Waals surface area contributed by atoms with Gasteiger partial charge in [-0.15, -0.1) is 0 Å². The van der Waals surface area contributed by atoms with Gasteiger partial charge in [-0.1, -0.05) is 23.8 Å². The third kappa shape index (κ3) is 4.52. The lowest BCUT2D eigenvalue weighted by molar-refractivity contribution is -0.117. The van der Waals surface area contributed by atoms with Crippen LogP contribution in [0.2, 0.25) is 0 Å². The molecule has 0 saturated heterocycles. The van der Waals surface area contributed by atoms with Crippen molar-refractivity contribution in [3.63, 3.8) is 0 Å². The summed E-state index contributed by atoms with van der Waals surface area (Å²) in [6, 6.07) is 7.65. The van der Waals surface area contributed by atoms with Crippen molar-refractivity contribution in [2.45, 2.75) is 45.7 Å². The number of hydrogen-bond acceptors (Lipinski definition) is 7. The van der Waals surface area contributed by atoms with Crippen molar-refractivity contribution in [1.29, 1.82) is 0 Å². The number of rotatable bonds is 6. The van der Waals surface area contributed by atoms with Crippen molar-refractivity contribution < 1.29 is 19.4 Å². The molecule has 1 aliphatic heterocycles. The number of carboxylic acid groups (broad SMARTS) is 1. The summed E-state index contributed by atoms with van der Waals surface area (Å²) in [5, 5.41) is 13.1. The molecule has 0 spiro atoms. The number of carbonyl (C=O) groups excluding carboxylic acids is 1. The van der Waals surface area contributed by atoms with E-state index in [-0.39, 0.29) is 12.4 Å². The molecule has 1 aromatic carbocycles. The van der Waals surface area contributed by atoms with Crippen LogP contribution in [0.25, 0.3) is 11.8 Å². The molecule has 0 radical (unpaired) electrons. The van der Waals surface area contributed by atoms with E-state index in [2.05, 4.69) is 15.4 Å². The largest absolute Gasteiger partial charge is 0.497 e. The Labute approximate surface area is 197 Å². The van der Waals surface area contributed by atoms with Crippen molar-refractivity contribution in [3.8, 4) is 5.75 Å². The molecule has 0 saturated carbocycles. The van der Waals surface area contributed by atoms with E-state index in [0.717, 1.165) is 32.7 Å². The van der Waals surface area contributed by atoms with Gasteiger partial charge in [-0.3, -0.25) is 15.2 Å². The molecule has 4 N–H and O–H groups in total. The Hall–Kier alpha value is -4.08. The summed E-state index contributed by atoms with van der Waals surface area (Å²) >= 11 is 0. The number of hydrogen-bond donors (Lipinski definition) is 3. The SMILES string of the molecule is COc1ccc(CN2NC3=c4c2nc(N(C(=O)O)C(C)(C)C)nc4=CCC(CC(N)=O)=C3)cc1. The van der Waals surface area contributed by atoms with E-state index >= 15 is 0 Å². The minimum Gasteiger partial charge on any atom is -0.497 e. The second-order valence-corrected chi connectivity index (χ2v) is 9.21. The Morgan fingerprint density at radius 1 is 1.24 bits per heavy atom. The van der Waals surface area contributed by atoms with Crippen LogP contribution >= 0.6 is 0 Å². The van der Waals surface area contributed by atoms with Crippen molar-refractivity contribution in [3.05, 3.63) is 52.0 Å². The summed E-state index contributed by atoms with van der Waals surface area (Å²) in [6.07, 6.45) is 3.22. The van der Waals surface area contributed by atoms with Crippen LogP contribution < -0.4 is 36.4 Å². The zero-order valence-electron chi connectivity index (χ0n) is 19.6. The number of hydrazine groups is 1. The molecule has 34 heavy (non-hydrogen) atoms. The topological polar surface area (TPSA) is 134 Å². The van der Waals surface area contributed by atoms with Gasteiger partial charge >= 0.3 is 6.09 Å². The molecular weight excluding hydrogens is 436 g/mol. The highest BCUT2D eigenvalue weighted by Crippen LogP contribution is 2.25. The average molecular weight is 465 g/mol. The Bertz CT molecular complexity index is 1290. The molecule has 1 aliphatic carbocycles. The van der Waals surface area contributed by atoms with Crippen LogP contribution in [0.1, 0.15) is 39.2 Å². The van der Waals surface area contributed by atoms with Gasteiger partial charge in [-0.25, -0.2) is 14.7 Å². The third-order valence-corrected chi connectivity index (χ3v) is 5.56. The van der Waals surface area contributed by atoms with Gasteiger partial charge in [0.1, 0.15) is 5.75 Å². The van der Waals surface area contributed by atoms with Crippen molar-refractivity contribution >= 4 is 35.5 Å². The number of nitrogens with zero attached hydrogens (tertiary/aromatic N) is 4. The number of aromatic nitrogens is 2. The lowest BCUT2D eigenvalue weighted by atomic mass is 10.1. The van der Waals surface area contributed by atoms with E-state index in [1.54, 1.807) is 27.9 Å². The molecule has 1 aromatic heterocycles. The summed E-state index contributed by atoms with van der Waals surface area (Å²) in [6.45, 7) is 5.82. The molecule has 0 fully saturated rings. The minimum atomic E-state index is -1.14. The zero-order valence-corrected chi connectivity index (χ0v) is 19.6. The van der Waals surface area contributed by atoms with Crippen LogP contribution in [0.3, 0.4) is 0 Å². The first kappa shape index (κ1) is 23.1. The fraction of sp³-hybridized carbons (Fsp3) is 0.333. The molecule has 0 atom stereocenters. The number of carbonyl (C=O) groups is 2. The van der Waals surface area contributed by atoms with E-state index in [1.165, 1.54) is 0 Å². The Morgan fingerprint density at radius 3 is 2.53 bits per heavy atom. The summed E-state index contributed by atoms with van der Waals surface area (Å²) in [7, 11) is 1.61. The summed E-state index contributed by atoms with van der Waals surface area (Å²) < 4.78 is 5.24. The second kappa shape index (κ2) is 8.69. The van der Waals surface area contributed by atoms with Gasteiger partial charge in [0.2, 0.25) is 11.9 Å². The lowest BCUT2D eigenvalue weighted by Crippen LogP contribution is -2.48. The molecule has 0 bridgehead atoms. The highest BCUT2D eigenvalue weighted by Gasteiger charge is 2.33. The number of nitrogens with two attached hydrogens (primary N) is 1. The molecule has 2 amide bonds. The fourth-order valence-electron chi connectivity index (χ4n) is 4.05. The molecular formula is C24H28N6O4. The van der Waals surface area contributed by atoms with E-state index in [9.17, 15) is 14.7 Å². The number of ether oxygens (including phenoxy) is 1. The van der Waals surface area contributed by atoms with Crippen LogP contribution in [0.5, 0.6) is 5.75 Å². The predicted molar refractivity (Wildman–Crippen MR) is 128 cm³/mol. The first-order valence-corrected chi connectivity index (χ1v) is 10.9. The van der Waals surface area contributed by atoms with Gasteiger partial charge in [0.05, 0.1) is 29.9 Å². The summed E-state index contributed by atoms with van der Waals surface area (Å²) in [5.41, 5.74) is 10.6. The van der Waals surface area contributed by atoms with Gasteiger partial charge in [0.15, 0.2) is 5.82 Å². The van der Waals surface area contributed by atoms with Gasteiger partial charge in [-0.2, -0.15) is 4.98 Å². The normalized spacial score (nSPS) is 14.4. The number of primary amides is 1. The molecule has 178 valence electrons. The molecule has 2 aromatic rings. The highest BCUT2D eigenvalue weighted by atomic mass is 16.5.